The molecule has 1 fully saturated rings. The molecule has 0 unspecified atom stereocenters. The average Bonchev–Trinajstić information content (AvgIpc) is 3.22. The van der Waals surface area contributed by atoms with E-state index >= 15 is 0 Å². The quantitative estimate of drug-likeness (QED) is 0.863. The molecule has 0 heterocycles. The van der Waals surface area contributed by atoms with Crippen molar-refractivity contribution in [2.75, 3.05) is 13.7 Å². The first kappa shape index (κ1) is 14.8. The summed E-state index contributed by atoms with van der Waals surface area (Å²) in [6.45, 7) is 0.234. The molecule has 1 aliphatic carbocycles. The van der Waals surface area contributed by atoms with Gasteiger partial charge in [-0.15, -0.1) is 0 Å². The second-order valence-corrected chi connectivity index (χ2v) is 5.63. The third-order valence-electron chi connectivity index (χ3n) is 3.21. The Bertz CT molecular complexity index is 528. The fourth-order valence-electron chi connectivity index (χ4n) is 2.05. The highest BCUT2D eigenvalue weighted by atomic mass is 79.9. The monoisotopic (exact) mass is 341 g/mol. The van der Waals surface area contributed by atoms with Crippen LogP contribution in [0.15, 0.2) is 22.7 Å². The molecule has 5 nitrogen and oxygen atoms in total. The van der Waals surface area contributed by atoms with E-state index < -0.39 is 5.97 Å². The number of benzene rings is 1. The van der Waals surface area contributed by atoms with Gasteiger partial charge in [0.15, 0.2) is 0 Å². The van der Waals surface area contributed by atoms with Gasteiger partial charge in [-0.3, -0.25) is 9.59 Å². The molecular formula is C14H16BrNO4. The van der Waals surface area contributed by atoms with Crippen molar-refractivity contribution in [3.63, 3.8) is 0 Å². The number of methoxy groups -OCH3 is 1. The number of ether oxygens (including phenoxy) is 1. The third-order valence-corrected chi connectivity index (χ3v) is 3.70. The van der Waals surface area contributed by atoms with E-state index in [0.717, 1.165) is 17.3 Å². The van der Waals surface area contributed by atoms with Gasteiger partial charge in [-0.25, -0.2) is 0 Å². The van der Waals surface area contributed by atoms with Gasteiger partial charge < -0.3 is 14.7 Å². The summed E-state index contributed by atoms with van der Waals surface area (Å²) in [6.07, 6.45) is 1.83. The predicted molar refractivity (Wildman–Crippen MR) is 77.0 cm³/mol. The maximum absolute atomic E-state index is 12.6. The van der Waals surface area contributed by atoms with E-state index in [1.807, 2.05) is 0 Å². The fraction of sp³-hybridized carbons (Fsp3) is 0.429. The van der Waals surface area contributed by atoms with E-state index in [2.05, 4.69) is 15.9 Å². The van der Waals surface area contributed by atoms with Crippen molar-refractivity contribution in [2.45, 2.75) is 25.3 Å². The number of carboxylic acid groups (broad SMARTS) is 1. The molecule has 0 atom stereocenters. The molecular weight excluding hydrogens is 326 g/mol. The Morgan fingerprint density at radius 3 is 2.70 bits per heavy atom. The zero-order valence-corrected chi connectivity index (χ0v) is 12.7. The number of hydrogen-bond acceptors (Lipinski definition) is 3. The first-order valence-electron chi connectivity index (χ1n) is 6.39. The highest BCUT2D eigenvalue weighted by Gasteiger charge is 2.34. The third kappa shape index (κ3) is 3.50. The molecule has 6 heteroatoms. The van der Waals surface area contributed by atoms with Crippen LogP contribution in [0.2, 0.25) is 0 Å². The van der Waals surface area contributed by atoms with Gasteiger partial charge in [0.1, 0.15) is 5.75 Å². The van der Waals surface area contributed by atoms with Gasteiger partial charge in [-0.2, -0.15) is 0 Å². The number of halogens is 1. The Kier molecular flexibility index (Phi) is 4.65. The van der Waals surface area contributed by atoms with E-state index in [4.69, 9.17) is 9.84 Å². The molecule has 0 radical (unpaired) electrons. The molecule has 0 saturated heterocycles. The standard InChI is InChI=1S/C14H16BrNO4/c1-20-12-8-9(15)2-5-11(12)14(19)16(10-3-4-10)7-6-13(17)18/h2,5,8,10H,3-4,6-7H2,1H3,(H,17,18). The lowest BCUT2D eigenvalue weighted by molar-refractivity contribution is -0.137. The summed E-state index contributed by atoms with van der Waals surface area (Å²) >= 11 is 3.33. The van der Waals surface area contributed by atoms with E-state index in [9.17, 15) is 9.59 Å². The SMILES string of the molecule is COc1cc(Br)ccc1C(=O)N(CCC(=O)O)C1CC1. The van der Waals surface area contributed by atoms with Crippen molar-refractivity contribution in [3.05, 3.63) is 28.2 Å². The summed E-state index contributed by atoms with van der Waals surface area (Å²) < 4.78 is 6.06. The van der Waals surface area contributed by atoms with Crippen LogP contribution >= 0.6 is 15.9 Å². The number of carbonyl (C=O) groups excluding carboxylic acids is 1. The van der Waals surface area contributed by atoms with Crippen molar-refractivity contribution >= 4 is 27.8 Å². The zero-order valence-electron chi connectivity index (χ0n) is 11.1. The number of nitrogens with zero attached hydrogens (tertiary/aromatic N) is 1. The molecule has 0 aromatic heterocycles. The minimum Gasteiger partial charge on any atom is -0.496 e. The number of amides is 1. The summed E-state index contributed by atoms with van der Waals surface area (Å²) in [6, 6.07) is 5.37. The van der Waals surface area contributed by atoms with Crippen molar-refractivity contribution in [1.29, 1.82) is 0 Å². The highest BCUT2D eigenvalue weighted by molar-refractivity contribution is 9.10. The van der Waals surface area contributed by atoms with E-state index in [0.29, 0.717) is 11.3 Å². The normalized spacial score (nSPS) is 13.9. The van der Waals surface area contributed by atoms with Crippen LogP contribution in [0, 0.1) is 0 Å². The lowest BCUT2D eigenvalue weighted by Crippen LogP contribution is -2.35. The second kappa shape index (κ2) is 6.26. The number of hydrogen-bond donors (Lipinski definition) is 1. The molecule has 1 aliphatic rings. The first-order valence-corrected chi connectivity index (χ1v) is 7.18. The highest BCUT2D eigenvalue weighted by Crippen LogP contribution is 2.31. The number of rotatable bonds is 6. The molecule has 0 bridgehead atoms. The Morgan fingerprint density at radius 2 is 2.15 bits per heavy atom. The summed E-state index contributed by atoms with van der Waals surface area (Å²) in [5.41, 5.74) is 0.466. The van der Waals surface area contributed by atoms with Crippen LogP contribution in [0.1, 0.15) is 29.6 Å². The van der Waals surface area contributed by atoms with Crippen molar-refractivity contribution in [2.24, 2.45) is 0 Å². The van der Waals surface area contributed by atoms with Crippen LogP contribution in [0.25, 0.3) is 0 Å². The topological polar surface area (TPSA) is 66.8 Å². The molecule has 1 N–H and O–H groups in total. The smallest absolute Gasteiger partial charge is 0.305 e. The first-order chi connectivity index (χ1) is 9.52. The van der Waals surface area contributed by atoms with E-state index in [1.165, 1.54) is 7.11 Å². The van der Waals surface area contributed by atoms with Crippen LogP contribution in [-0.2, 0) is 4.79 Å². The lowest BCUT2D eigenvalue weighted by atomic mass is 10.1. The predicted octanol–water partition coefficient (Wildman–Crippen LogP) is 2.54. The van der Waals surface area contributed by atoms with Crippen LogP contribution in [0.4, 0.5) is 0 Å². The molecule has 0 spiro atoms. The number of carbonyl (C=O) groups is 2. The van der Waals surface area contributed by atoms with Crippen LogP contribution in [-0.4, -0.2) is 41.6 Å². The van der Waals surface area contributed by atoms with Crippen molar-refractivity contribution in [3.8, 4) is 5.75 Å². The number of carboxylic acids is 1. The van der Waals surface area contributed by atoms with E-state index in [-0.39, 0.29) is 24.9 Å². The Hall–Kier alpha value is -1.56. The van der Waals surface area contributed by atoms with Crippen LogP contribution < -0.4 is 4.74 Å². The maximum atomic E-state index is 12.6. The molecule has 0 aliphatic heterocycles. The average molecular weight is 342 g/mol. The molecule has 1 amide bonds. The van der Waals surface area contributed by atoms with Gasteiger partial charge >= 0.3 is 5.97 Å². The van der Waals surface area contributed by atoms with Gasteiger partial charge in [0, 0.05) is 17.1 Å². The Labute approximate surface area is 125 Å². The largest absolute Gasteiger partial charge is 0.496 e. The summed E-state index contributed by atoms with van der Waals surface area (Å²) in [5.74, 6) is -0.574. The van der Waals surface area contributed by atoms with Gasteiger partial charge in [0.25, 0.3) is 5.91 Å². The van der Waals surface area contributed by atoms with Crippen molar-refractivity contribution in [1.82, 2.24) is 4.90 Å². The molecule has 108 valence electrons. The van der Waals surface area contributed by atoms with Crippen molar-refractivity contribution < 1.29 is 19.4 Å². The van der Waals surface area contributed by atoms with E-state index in [1.54, 1.807) is 23.1 Å². The molecule has 2 rings (SSSR count). The fourth-order valence-corrected chi connectivity index (χ4v) is 2.39. The molecule has 1 aromatic rings. The molecule has 1 saturated carbocycles. The van der Waals surface area contributed by atoms with Crippen LogP contribution in [0.5, 0.6) is 5.75 Å². The minimum atomic E-state index is -0.897. The summed E-state index contributed by atoms with van der Waals surface area (Å²) in [4.78, 5) is 24.9. The van der Waals surface area contributed by atoms with Gasteiger partial charge in [-0.05, 0) is 31.0 Å². The zero-order chi connectivity index (χ0) is 14.7. The molecule has 1 aromatic carbocycles. The van der Waals surface area contributed by atoms with Gasteiger partial charge in [0.2, 0.25) is 0 Å². The Morgan fingerprint density at radius 1 is 1.45 bits per heavy atom. The van der Waals surface area contributed by atoms with Crippen LogP contribution in [0.3, 0.4) is 0 Å². The van der Waals surface area contributed by atoms with Gasteiger partial charge in [0.05, 0.1) is 19.1 Å². The Balaban J connectivity index is 2.20. The number of aliphatic carboxylic acids is 1. The molecule has 20 heavy (non-hydrogen) atoms. The summed E-state index contributed by atoms with van der Waals surface area (Å²) in [5, 5.41) is 8.79. The lowest BCUT2D eigenvalue weighted by Gasteiger charge is -2.22. The minimum absolute atomic E-state index is 0.0406. The summed E-state index contributed by atoms with van der Waals surface area (Å²) in [7, 11) is 1.51. The van der Waals surface area contributed by atoms with Gasteiger partial charge in [-0.1, -0.05) is 15.9 Å². The second-order valence-electron chi connectivity index (χ2n) is 4.72. The maximum Gasteiger partial charge on any atom is 0.305 e.